The predicted octanol–water partition coefficient (Wildman–Crippen LogP) is 1.09. The fourth-order valence-corrected chi connectivity index (χ4v) is 5.39. The number of carbonyl (C=O) groups excluding carboxylic acids is 3. The van der Waals surface area contributed by atoms with Gasteiger partial charge in [-0.15, -0.1) is 0 Å². The maximum absolute atomic E-state index is 12.3. The minimum atomic E-state index is -1.06. The maximum atomic E-state index is 12.3. The molecule has 2 fully saturated rings. The molecule has 7 atom stereocenters. The number of hydrogen-bond acceptors (Lipinski definition) is 7. The van der Waals surface area contributed by atoms with Gasteiger partial charge < -0.3 is 14.2 Å². The van der Waals surface area contributed by atoms with Crippen LogP contribution in [0.4, 0.5) is 0 Å². The summed E-state index contributed by atoms with van der Waals surface area (Å²) in [6.07, 6.45) is 6.15. The Morgan fingerprint density at radius 1 is 1.06 bits per heavy atom. The minimum Gasteiger partial charge on any atom is -0.458 e. The lowest BCUT2D eigenvalue weighted by Crippen LogP contribution is -2.64. The van der Waals surface area contributed by atoms with Crippen LogP contribution in [0.5, 0.6) is 0 Å². The topological polar surface area (TPSA) is 94.6 Å². The van der Waals surface area contributed by atoms with E-state index in [4.69, 9.17) is 19.2 Å². The summed E-state index contributed by atoms with van der Waals surface area (Å²) < 4.78 is 17.9. The molecule has 31 heavy (non-hydrogen) atoms. The van der Waals surface area contributed by atoms with Crippen molar-refractivity contribution in [1.82, 2.24) is 0 Å². The van der Waals surface area contributed by atoms with Gasteiger partial charge in [-0.2, -0.15) is 0 Å². The molecule has 1 saturated heterocycles. The van der Waals surface area contributed by atoms with E-state index >= 15 is 0 Å². The van der Waals surface area contributed by atoms with E-state index in [1.807, 2.05) is 6.92 Å². The van der Waals surface area contributed by atoms with Crippen molar-refractivity contribution in [2.75, 3.05) is 0 Å². The molecule has 4 bridgehead atoms. The van der Waals surface area contributed by atoms with Crippen molar-refractivity contribution < 1.29 is 28.6 Å². The third-order valence-electron chi connectivity index (χ3n) is 6.48. The third kappa shape index (κ3) is 2.54. The van der Waals surface area contributed by atoms with Gasteiger partial charge in [0.15, 0.2) is 11.9 Å². The molecule has 7 heteroatoms. The Morgan fingerprint density at radius 2 is 1.74 bits per heavy atom. The van der Waals surface area contributed by atoms with Crippen molar-refractivity contribution in [3.05, 3.63) is 36.0 Å². The van der Waals surface area contributed by atoms with E-state index in [1.165, 1.54) is 26.0 Å². The lowest BCUT2D eigenvalue weighted by Gasteiger charge is -2.47. The lowest BCUT2D eigenvalue weighted by atomic mass is 9.57. The van der Waals surface area contributed by atoms with Crippen molar-refractivity contribution in [3.63, 3.8) is 0 Å². The van der Waals surface area contributed by atoms with E-state index in [0.717, 1.165) is 0 Å². The van der Waals surface area contributed by atoms with Crippen molar-refractivity contribution in [2.24, 2.45) is 16.8 Å². The first kappa shape index (κ1) is 19.5. The van der Waals surface area contributed by atoms with Gasteiger partial charge in [0, 0.05) is 25.3 Å². The van der Waals surface area contributed by atoms with Crippen LogP contribution in [0, 0.1) is 35.5 Å². The monoisotopic (exact) mass is 417 g/mol. The van der Waals surface area contributed by atoms with E-state index in [-0.39, 0.29) is 5.78 Å². The Bertz CT molecular complexity index is 1170. The molecule has 0 radical (unpaired) electrons. The molecule has 3 aliphatic carbocycles. The Kier molecular flexibility index (Phi) is 4.12. The zero-order valence-corrected chi connectivity index (χ0v) is 17.2. The predicted molar refractivity (Wildman–Crippen MR) is 108 cm³/mol. The first-order chi connectivity index (χ1) is 14.8. The second-order valence-electron chi connectivity index (χ2n) is 8.17. The van der Waals surface area contributed by atoms with E-state index in [0.29, 0.717) is 11.3 Å². The summed E-state index contributed by atoms with van der Waals surface area (Å²) in [7, 11) is 0. The summed E-state index contributed by atoms with van der Waals surface area (Å²) in [6.45, 7) is 4.47. The zero-order valence-electron chi connectivity index (χ0n) is 17.2. The highest BCUT2D eigenvalue weighted by molar-refractivity contribution is 6.22. The van der Waals surface area contributed by atoms with Gasteiger partial charge in [0.1, 0.15) is 23.3 Å². The van der Waals surface area contributed by atoms with Crippen LogP contribution in [0.3, 0.4) is 0 Å². The molecule has 0 aromatic heterocycles. The molecule has 156 valence electrons. The summed E-state index contributed by atoms with van der Waals surface area (Å²) in [6, 6.07) is -0.573. The van der Waals surface area contributed by atoms with E-state index < -0.39 is 53.2 Å². The number of allylic oxidation sites excluding steroid dienone is 5. The Balaban J connectivity index is 1.78. The summed E-state index contributed by atoms with van der Waals surface area (Å²) >= 11 is 0. The molecule has 2 heterocycles. The van der Waals surface area contributed by atoms with Crippen LogP contribution in [-0.2, 0) is 28.6 Å². The first-order valence-electron chi connectivity index (χ1n) is 10.1. The zero-order chi connectivity index (χ0) is 22.0. The van der Waals surface area contributed by atoms with Crippen molar-refractivity contribution >= 4 is 23.4 Å². The molecule has 0 spiro atoms. The van der Waals surface area contributed by atoms with Crippen LogP contribution in [0.1, 0.15) is 20.8 Å². The van der Waals surface area contributed by atoms with Crippen molar-refractivity contribution in [1.29, 1.82) is 0 Å². The van der Waals surface area contributed by atoms with Gasteiger partial charge in [-0.25, -0.2) is 0 Å². The molecular weight excluding hydrogens is 398 g/mol. The maximum Gasteiger partial charge on any atom is 0.303 e. The number of epoxide rings is 1. The minimum absolute atomic E-state index is 0.185. The standard InChI is InChI=1S/C24H19NO6/c1-13-21(29-14(2)26)22(30-15(3)27)17-8-6-4-5-7-9-20-23(13)24(17,31-23)18-12-16(28)10-11-19(18)25-20/h4-5,10-13,17,20-22H,1-3H3/b5-4-/t13-,17+,20-,21-,22+,23-,24+/m0/s1. The number of ketones is 1. The van der Waals surface area contributed by atoms with Gasteiger partial charge in [0.2, 0.25) is 0 Å². The van der Waals surface area contributed by atoms with Gasteiger partial charge >= 0.3 is 11.9 Å². The number of rotatable bonds is 2. The van der Waals surface area contributed by atoms with E-state index in [1.54, 1.807) is 18.2 Å². The normalized spacial score (nSPS) is 41.4. The quantitative estimate of drug-likeness (QED) is 0.289. The van der Waals surface area contributed by atoms with Gasteiger partial charge in [0.05, 0.1) is 11.6 Å². The fraction of sp³-hybridized carbons (Fsp3) is 0.417. The Hall–Kier alpha value is -3.42. The smallest absolute Gasteiger partial charge is 0.303 e. The highest BCUT2D eigenvalue weighted by Crippen LogP contribution is 2.70. The van der Waals surface area contributed by atoms with Crippen molar-refractivity contribution in [3.8, 4) is 23.7 Å². The van der Waals surface area contributed by atoms with Crippen LogP contribution in [0.15, 0.2) is 40.9 Å². The van der Waals surface area contributed by atoms with Crippen molar-refractivity contribution in [2.45, 2.75) is 50.2 Å². The van der Waals surface area contributed by atoms with Gasteiger partial charge in [-0.05, 0) is 30.4 Å². The molecule has 1 saturated carbocycles. The average Bonchev–Trinajstić information content (AvgIpc) is 3.42. The molecular formula is C24H19NO6. The Morgan fingerprint density at radius 3 is 2.45 bits per heavy atom. The molecule has 5 rings (SSSR count). The highest BCUT2D eigenvalue weighted by Gasteiger charge is 2.87. The average molecular weight is 417 g/mol. The van der Waals surface area contributed by atoms with E-state index in [2.05, 4.69) is 23.7 Å². The van der Waals surface area contributed by atoms with Crippen LogP contribution >= 0.6 is 0 Å². The van der Waals surface area contributed by atoms with Crippen LogP contribution in [0.25, 0.3) is 0 Å². The summed E-state index contributed by atoms with van der Waals surface area (Å²) in [4.78, 5) is 41.0. The number of esters is 2. The summed E-state index contributed by atoms with van der Waals surface area (Å²) in [5, 5.41) is 0. The molecule has 0 aromatic rings. The SMILES string of the molecule is CC(=O)O[C@@H]1[C@H](OC(C)=O)[C@H]2C#C/C=C\C#C[C@@H]3N=C4C=CC(=O)C=C4[C@]24O[C@@]34[C@H]1C. The van der Waals surface area contributed by atoms with Gasteiger partial charge in [-0.3, -0.25) is 19.4 Å². The third-order valence-corrected chi connectivity index (χ3v) is 6.48. The molecule has 5 aliphatic rings. The van der Waals surface area contributed by atoms with Gasteiger partial charge in [0.25, 0.3) is 0 Å². The number of carbonyl (C=O) groups is 3. The number of aliphatic imine (C=N–C) groups is 1. The molecule has 0 aromatic carbocycles. The fourth-order valence-electron chi connectivity index (χ4n) is 5.39. The molecule has 0 unspecified atom stereocenters. The molecule has 0 N–H and O–H groups in total. The second kappa shape index (κ2) is 6.54. The number of fused-ring (bicyclic) bond motifs is 1. The lowest BCUT2D eigenvalue weighted by molar-refractivity contribution is -0.179. The van der Waals surface area contributed by atoms with E-state index in [9.17, 15) is 14.4 Å². The first-order valence-corrected chi connectivity index (χ1v) is 10.1. The number of hydrogen-bond donors (Lipinski definition) is 0. The van der Waals surface area contributed by atoms with Crippen LogP contribution in [0.2, 0.25) is 0 Å². The van der Waals surface area contributed by atoms with Crippen LogP contribution < -0.4 is 0 Å². The molecule has 2 aliphatic heterocycles. The largest absolute Gasteiger partial charge is 0.458 e. The van der Waals surface area contributed by atoms with Crippen LogP contribution in [-0.4, -0.2) is 52.9 Å². The molecule has 7 nitrogen and oxygen atoms in total. The summed E-state index contributed by atoms with van der Waals surface area (Å²) in [5.74, 6) is 9.86. The number of ether oxygens (including phenoxy) is 3. The summed E-state index contributed by atoms with van der Waals surface area (Å²) in [5.41, 5.74) is -0.824. The molecule has 0 amide bonds. The Labute approximate surface area is 179 Å². The highest BCUT2D eigenvalue weighted by atomic mass is 16.7. The number of nitrogens with zero attached hydrogens (tertiary/aromatic N) is 1. The van der Waals surface area contributed by atoms with Gasteiger partial charge in [-0.1, -0.05) is 30.6 Å². The second-order valence-corrected chi connectivity index (χ2v) is 8.17.